The number of aryl methyl sites for hydroxylation is 1. The van der Waals surface area contributed by atoms with Crippen molar-refractivity contribution in [1.82, 2.24) is 9.13 Å². The van der Waals surface area contributed by atoms with Crippen molar-refractivity contribution in [2.45, 2.75) is 26.4 Å². The number of anilines is 1. The Morgan fingerprint density at radius 3 is 2.60 bits per heavy atom. The topological polar surface area (TPSA) is 70.0 Å². The van der Waals surface area contributed by atoms with Gasteiger partial charge in [0.25, 0.3) is 5.56 Å². The summed E-state index contributed by atoms with van der Waals surface area (Å²) in [6.07, 6.45) is 2.07. The number of hydrogen-bond acceptors (Lipinski definition) is 3. The Kier molecular flexibility index (Phi) is 4.02. The van der Waals surface area contributed by atoms with Crippen LogP contribution in [-0.4, -0.2) is 9.13 Å². The van der Waals surface area contributed by atoms with Gasteiger partial charge in [-0.3, -0.25) is 13.9 Å². The minimum Gasteiger partial charge on any atom is -0.393 e. The lowest BCUT2D eigenvalue weighted by Crippen LogP contribution is -2.41. The van der Waals surface area contributed by atoms with E-state index in [2.05, 4.69) is 0 Å². The molecule has 5 nitrogen and oxygen atoms in total. The highest BCUT2D eigenvalue weighted by Crippen LogP contribution is 2.06. The van der Waals surface area contributed by atoms with Gasteiger partial charge in [0, 0.05) is 18.3 Å². The molecule has 1 aromatic heterocycles. The van der Waals surface area contributed by atoms with Crippen molar-refractivity contribution >= 4 is 5.69 Å². The molecule has 6 heteroatoms. The maximum Gasteiger partial charge on any atom is 0.331 e. The molecule has 0 unspecified atom stereocenters. The zero-order valence-electron chi connectivity index (χ0n) is 11.2. The van der Waals surface area contributed by atoms with Crippen LogP contribution in [-0.2, 0) is 13.1 Å². The smallest absolute Gasteiger partial charge is 0.331 e. The third-order valence-corrected chi connectivity index (χ3v) is 3.01. The molecule has 2 N–H and O–H groups in total. The van der Waals surface area contributed by atoms with Gasteiger partial charge >= 0.3 is 5.69 Å². The van der Waals surface area contributed by atoms with E-state index < -0.39 is 17.1 Å². The van der Waals surface area contributed by atoms with Gasteiger partial charge in [0.2, 0.25) is 0 Å². The number of aromatic nitrogens is 2. The third-order valence-electron chi connectivity index (χ3n) is 3.01. The van der Waals surface area contributed by atoms with Crippen LogP contribution >= 0.6 is 0 Å². The molecule has 2 rings (SSSR count). The van der Waals surface area contributed by atoms with Crippen molar-refractivity contribution < 1.29 is 4.39 Å². The first-order valence-corrected chi connectivity index (χ1v) is 6.37. The molecule has 0 bridgehead atoms. The van der Waals surface area contributed by atoms with Crippen LogP contribution in [0.3, 0.4) is 0 Å². The standard InChI is InChI=1S/C14H16FN3O2/c1-2-7-17-9-12(16)13(19)18(14(17)20)8-10-5-3-4-6-11(10)15/h3-6,9H,2,7-8,16H2,1H3. The minimum atomic E-state index is -0.592. The molecule has 0 radical (unpaired) electrons. The van der Waals surface area contributed by atoms with E-state index >= 15 is 0 Å². The summed E-state index contributed by atoms with van der Waals surface area (Å²) in [6.45, 7) is 2.24. The van der Waals surface area contributed by atoms with Crippen LogP contribution in [0.1, 0.15) is 18.9 Å². The third kappa shape index (κ3) is 2.64. The highest BCUT2D eigenvalue weighted by molar-refractivity contribution is 5.31. The van der Waals surface area contributed by atoms with Crippen molar-refractivity contribution in [2.75, 3.05) is 5.73 Å². The predicted octanol–water partition coefficient (Wildman–Crippen LogP) is 1.19. The second-order valence-corrected chi connectivity index (χ2v) is 4.54. The van der Waals surface area contributed by atoms with Gasteiger partial charge in [-0.2, -0.15) is 0 Å². The van der Waals surface area contributed by atoms with Gasteiger partial charge in [-0.15, -0.1) is 0 Å². The van der Waals surface area contributed by atoms with E-state index in [1.807, 2.05) is 6.92 Å². The van der Waals surface area contributed by atoms with Gasteiger partial charge in [0.15, 0.2) is 0 Å². The van der Waals surface area contributed by atoms with E-state index in [1.165, 1.54) is 22.9 Å². The lowest BCUT2D eigenvalue weighted by Gasteiger charge is -2.11. The maximum absolute atomic E-state index is 13.6. The fraction of sp³-hybridized carbons (Fsp3) is 0.286. The monoisotopic (exact) mass is 277 g/mol. The highest BCUT2D eigenvalue weighted by Gasteiger charge is 2.11. The van der Waals surface area contributed by atoms with Crippen LogP contribution < -0.4 is 17.0 Å². The number of halogens is 1. The second kappa shape index (κ2) is 5.73. The van der Waals surface area contributed by atoms with E-state index in [0.29, 0.717) is 6.54 Å². The molecule has 1 heterocycles. The molecule has 0 spiro atoms. The molecule has 2 aromatic rings. The summed E-state index contributed by atoms with van der Waals surface area (Å²) < 4.78 is 16.0. The zero-order valence-corrected chi connectivity index (χ0v) is 11.2. The van der Waals surface area contributed by atoms with Crippen LogP contribution in [0, 0.1) is 5.82 Å². The fourth-order valence-electron chi connectivity index (χ4n) is 2.01. The van der Waals surface area contributed by atoms with Crippen molar-refractivity contribution in [2.24, 2.45) is 0 Å². The molecule has 0 aliphatic carbocycles. The van der Waals surface area contributed by atoms with Gasteiger partial charge in [-0.1, -0.05) is 25.1 Å². The first kappa shape index (κ1) is 14.0. The van der Waals surface area contributed by atoms with E-state index in [4.69, 9.17) is 5.73 Å². The van der Waals surface area contributed by atoms with Crippen molar-refractivity contribution in [3.05, 3.63) is 62.7 Å². The summed E-state index contributed by atoms with van der Waals surface area (Å²) in [6, 6.07) is 6.03. The van der Waals surface area contributed by atoms with Crippen LogP contribution in [0.5, 0.6) is 0 Å². The predicted molar refractivity (Wildman–Crippen MR) is 75.2 cm³/mol. The first-order valence-electron chi connectivity index (χ1n) is 6.37. The minimum absolute atomic E-state index is 0.0191. The van der Waals surface area contributed by atoms with Crippen LogP contribution in [0.4, 0.5) is 10.1 Å². The molecule has 106 valence electrons. The fourth-order valence-corrected chi connectivity index (χ4v) is 2.01. The normalized spacial score (nSPS) is 10.7. The van der Waals surface area contributed by atoms with E-state index in [-0.39, 0.29) is 17.8 Å². The van der Waals surface area contributed by atoms with E-state index in [1.54, 1.807) is 12.1 Å². The van der Waals surface area contributed by atoms with Gasteiger partial charge in [0.05, 0.1) is 6.54 Å². The SMILES string of the molecule is CCCn1cc(N)c(=O)n(Cc2ccccc2F)c1=O. The molecular weight excluding hydrogens is 261 g/mol. The number of nitrogen functional groups attached to an aromatic ring is 1. The Morgan fingerprint density at radius 1 is 1.25 bits per heavy atom. The summed E-state index contributed by atoms with van der Waals surface area (Å²) in [5.41, 5.74) is 4.82. The molecule has 20 heavy (non-hydrogen) atoms. The molecule has 0 aliphatic rings. The highest BCUT2D eigenvalue weighted by atomic mass is 19.1. The summed E-state index contributed by atoms with van der Waals surface area (Å²) in [7, 11) is 0. The Bertz CT molecular complexity index is 734. The summed E-state index contributed by atoms with van der Waals surface area (Å²) in [5.74, 6) is -0.455. The number of nitrogens with two attached hydrogens (primary N) is 1. The molecule has 0 saturated heterocycles. The molecule has 0 aliphatic heterocycles. The summed E-state index contributed by atoms with van der Waals surface area (Å²) in [4.78, 5) is 24.2. The quantitative estimate of drug-likeness (QED) is 0.912. The molecule has 0 fully saturated rings. The Labute approximate surface area is 115 Å². The summed E-state index contributed by atoms with van der Waals surface area (Å²) >= 11 is 0. The van der Waals surface area contributed by atoms with Crippen molar-refractivity contribution in [3.63, 3.8) is 0 Å². The Hall–Kier alpha value is -2.37. The lowest BCUT2D eigenvalue weighted by molar-refractivity contribution is 0.553. The van der Waals surface area contributed by atoms with E-state index in [9.17, 15) is 14.0 Å². The average molecular weight is 277 g/mol. The largest absolute Gasteiger partial charge is 0.393 e. The summed E-state index contributed by atoms with van der Waals surface area (Å²) in [5, 5.41) is 0. The van der Waals surface area contributed by atoms with Crippen LogP contribution in [0.2, 0.25) is 0 Å². The molecular formula is C14H16FN3O2. The second-order valence-electron chi connectivity index (χ2n) is 4.54. The zero-order chi connectivity index (χ0) is 14.7. The number of benzene rings is 1. The Balaban J connectivity index is 2.54. The van der Waals surface area contributed by atoms with Gasteiger partial charge < -0.3 is 5.73 Å². The van der Waals surface area contributed by atoms with Crippen molar-refractivity contribution in [3.8, 4) is 0 Å². The maximum atomic E-state index is 13.6. The van der Waals surface area contributed by atoms with Crippen LogP contribution in [0.25, 0.3) is 0 Å². The average Bonchev–Trinajstić information content (AvgIpc) is 2.43. The molecule has 0 amide bonds. The number of nitrogens with zero attached hydrogens (tertiary/aromatic N) is 2. The number of hydrogen-bond donors (Lipinski definition) is 1. The molecule has 0 atom stereocenters. The van der Waals surface area contributed by atoms with E-state index in [0.717, 1.165) is 11.0 Å². The van der Waals surface area contributed by atoms with Gasteiger partial charge in [-0.25, -0.2) is 9.18 Å². The number of rotatable bonds is 4. The van der Waals surface area contributed by atoms with Crippen molar-refractivity contribution in [1.29, 1.82) is 0 Å². The van der Waals surface area contributed by atoms with Gasteiger partial charge in [-0.05, 0) is 12.5 Å². The first-order chi connectivity index (χ1) is 9.54. The van der Waals surface area contributed by atoms with Gasteiger partial charge in [0.1, 0.15) is 11.5 Å². The Morgan fingerprint density at radius 2 is 1.95 bits per heavy atom. The lowest BCUT2D eigenvalue weighted by atomic mass is 10.2. The van der Waals surface area contributed by atoms with Crippen LogP contribution in [0.15, 0.2) is 40.1 Å². The molecule has 0 saturated carbocycles. The molecule has 1 aromatic carbocycles.